The molecule has 0 unspecified atom stereocenters. The number of hydrogen-bond donors (Lipinski definition) is 0. The van der Waals surface area contributed by atoms with Crippen LogP contribution >= 0.6 is 11.3 Å². The van der Waals surface area contributed by atoms with E-state index in [2.05, 4.69) is 26.0 Å². The van der Waals surface area contributed by atoms with Crippen LogP contribution in [0.15, 0.2) is 41.8 Å². The molecule has 4 nitrogen and oxygen atoms in total. The molecule has 5 heteroatoms. The third kappa shape index (κ3) is 3.08. The Morgan fingerprint density at radius 2 is 1.88 bits per heavy atom. The molecule has 2 aromatic rings. The van der Waals surface area contributed by atoms with Crippen LogP contribution in [0.25, 0.3) is 0 Å². The smallest absolute Gasteiger partial charge is 0.264 e. The Morgan fingerprint density at radius 3 is 2.46 bits per heavy atom. The van der Waals surface area contributed by atoms with Crippen LogP contribution in [-0.4, -0.2) is 35.8 Å². The highest BCUT2D eigenvalue weighted by atomic mass is 32.1. The zero-order valence-electron chi connectivity index (χ0n) is 14.2. The highest BCUT2D eigenvalue weighted by Gasteiger charge is 2.35. The summed E-state index contributed by atoms with van der Waals surface area (Å²) in [5, 5.41) is 1.88. The second-order valence-corrected chi connectivity index (χ2v) is 7.34. The molecule has 1 fully saturated rings. The molecule has 0 radical (unpaired) electrons. The number of piperazine rings is 1. The topological polar surface area (TPSA) is 40.6 Å². The van der Waals surface area contributed by atoms with Crippen LogP contribution in [-0.2, 0) is 4.79 Å². The molecule has 0 spiro atoms. The highest BCUT2D eigenvalue weighted by Crippen LogP contribution is 2.25. The monoisotopic (exact) mass is 342 g/mol. The number of nitrogens with zero attached hydrogens (tertiary/aromatic N) is 2. The van der Waals surface area contributed by atoms with Gasteiger partial charge in [0.15, 0.2) is 0 Å². The van der Waals surface area contributed by atoms with Crippen molar-refractivity contribution in [2.45, 2.75) is 32.7 Å². The molecule has 0 saturated carbocycles. The lowest BCUT2D eigenvalue weighted by atomic mass is 10.0. The summed E-state index contributed by atoms with van der Waals surface area (Å²) in [6.45, 7) is 7.19. The lowest BCUT2D eigenvalue weighted by Crippen LogP contribution is -2.57. The molecule has 3 rings (SSSR count). The van der Waals surface area contributed by atoms with E-state index in [1.54, 1.807) is 15.9 Å². The minimum atomic E-state index is -0.446. The van der Waals surface area contributed by atoms with Gasteiger partial charge in [-0.25, -0.2) is 0 Å². The first-order valence-corrected chi connectivity index (χ1v) is 9.13. The van der Waals surface area contributed by atoms with Crippen LogP contribution in [0.3, 0.4) is 0 Å². The summed E-state index contributed by atoms with van der Waals surface area (Å²) >= 11 is 1.41. The number of thiophene rings is 1. The largest absolute Gasteiger partial charge is 0.324 e. The van der Waals surface area contributed by atoms with Gasteiger partial charge in [-0.1, -0.05) is 32.0 Å². The van der Waals surface area contributed by atoms with Crippen molar-refractivity contribution in [3.63, 3.8) is 0 Å². The van der Waals surface area contributed by atoms with Crippen molar-refractivity contribution in [2.24, 2.45) is 0 Å². The first-order valence-electron chi connectivity index (χ1n) is 8.25. The summed E-state index contributed by atoms with van der Waals surface area (Å²) in [7, 11) is 0. The molecule has 2 amide bonds. The molecule has 2 heterocycles. The molecular weight excluding hydrogens is 320 g/mol. The fourth-order valence-corrected chi connectivity index (χ4v) is 3.66. The van der Waals surface area contributed by atoms with Crippen molar-refractivity contribution in [1.29, 1.82) is 0 Å². The van der Waals surface area contributed by atoms with E-state index in [0.717, 1.165) is 5.69 Å². The number of anilines is 1. The summed E-state index contributed by atoms with van der Waals surface area (Å²) in [6.07, 6.45) is 0. The zero-order valence-corrected chi connectivity index (χ0v) is 15.0. The molecule has 1 aromatic heterocycles. The minimum Gasteiger partial charge on any atom is -0.324 e. The maximum atomic E-state index is 12.8. The van der Waals surface area contributed by atoms with Crippen molar-refractivity contribution in [3.8, 4) is 0 Å². The minimum absolute atomic E-state index is 0.0246. The van der Waals surface area contributed by atoms with E-state index in [1.165, 1.54) is 16.9 Å². The number of carbonyl (C=O) groups excluding carboxylic acids is 2. The first-order chi connectivity index (χ1) is 11.5. The van der Waals surface area contributed by atoms with Crippen LogP contribution in [0.2, 0.25) is 0 Å². The number of benzene rings is 1. The zero-order chi connectivity index (χ0) is 17.3. The number of rotatable bonds is 3. The van der Waals surface area contributed by atoms with Gasteiger partial charge in [-0.2, -0.15) is 0 Å². The summed E-state index contributed by atoms with van der Waals surface area (Å²) < 4.78 is 0. The van der Waals surface area contributed by atoms with E-state index in [1.807, 2.05) is 30.5 Å². The number of amides is 2. The van der Waals surface area contributed by atoms with Crippen molar-refractivity contribution in [3.05, 3.63) is 52.2 Å². The Hall–Kier alpha value is -2.14. The molecule has 0 aliphatic carbocycles. The molecule has 24 heavy (non-hydrogen) atoms. The standard InChI is InChI=1S/C19H22N2O2S/c1-13(2)15-6-8-16(9-7-15)21-11-10-20(14(3)18(21)22)19(23)17-5-4-12-24-17/h4-9,12-14H,10-11H2,1-3H3/t14-/m1/s1. The van der Waals surface area contributed by atoms with Crippen LogP contribution in [0, 0.1) is 0 Å². The SMILES string of the molecule is CC(C)c1ccc(N2CCN(C(=O)c3cccs3)[C@H](C)C2=O)cc1. The lowest BCUT2D eigenvalue weighted by molar-refractivity contribution is -0.124. The van der Waals surface area contributed by atoms with E-state index in [-0.39, 0.29) is 11.8 Å². The molecule has 0 bridgehead atoms. The maximum absolute atomic E-state index is 12.8. The van der Waals surface area contributed by atoms with Crippen LogP contribution in [0.4, 0.5) is 5.69 Å². The van der Waals surface area contributed by atoms with Crippen LogP contribution in [0.5, 0.6) is 0 Å². The van der Waals surface area contributed by atoms with E-state index in [0.29, 0.717) is 23.9 Å². The third-order valence-electron chi connectivity index (χ3n) is 4.52. The van der Waals surface area contributed by atoms with Crippen LogP contribution < -0.4 is 4.90 Å². The van der Waals surface area contributed by atoms with Crippen molar-refractivity contribution in [1.82, 2.24) is 4.90 Å². The van der Waals surface area contributed by atoms with Gasteiger partial charge >= 0.3 is 0 Å². The Labute approximate surface area is 146 Å². The second kappa shape index (κ2) is 6.77. The average molecular weight is 342 g/mol. The molecule has 1 atom stereocenters. The Bertz CT molecular complexity index is 722. The van der Waals surface area contributed by atoms with Gasteiger partial charge in [0.25, 0.3) is 5.91 Å². The van der Waals surface area contributed by atoms with E-state index in [4.69, 9.17) is 0 Å². The van der Waals surface area contributed by atoms with Crippen LogP contribution in [0.1, 0.15) is 41.9 Å². The predicted octanol–water partition coefficient (Wildman–Crippen LogP) is 3.75. The molecule has 1 aromatic carbocycles. The Morgan fingerprint density at radius 1 is 1.17 bits per heavy atom. The third-order valence-corrected chi connectivity index (χ3v) is 5.38. The van der Waals surface area contributed by atoms with Gasteiger partial charge in [0.1, 0.15) is 6.04 Å². The molecule has 1 aliphatic rings. The highest BCUT2D eigenvalue weighted by molar-refractivity contribution is 7.12. The molecule has 0 N–H and O–H groups in total. The van der Waals surface area contributed by atoms with Crippen molar-refractivity contribution in [2.75, 3.05) is 18.0 Å². The fraction of sp³-hybridized carbons (Fsp3) is 0.368. The molecule has 1 saturated heterocycles. The first kappa shape index (κ1) is 16.7. The average Bonchev–Trinajstić information content (AvgIpc) is 3.11. The maximum Gasteiger partial charge on any atom is 0.264 e. The van der Waals surface area contributed by atoms with Gasteiger partial charge in [0.2, 0.25) is 5.91 Å². The van der Waals surface area contributed by atoms with Gasteiger partial charge in [0, 0.05) is 18.8 Å². The Kier molecular flexibility index (Phi) is 4.71. The number of carbonyl (C=O) groups is 2. The van der Waals surface area contributed by atoms with E-state index >= 15 is 0 Å². The summed E-state index contributed by atoms with van der Waals surface area (Å²) in [4.78, 5) is 29.5. The van der Waals surface area contributed by atoms with E-state index < -0.39 is 6.04 Å². The van der Waals surface area contributed by atoms with E-state index in [9.17, 15) is 9.59 Å². The molecular formula is C19H22N2O2S. The van der Waals surface area contributed by atoms with Gasteiger partial charge in [-0.15, -0.1) is 11.3 Å². The summed E-state index contributed by atoms with van der Waals surface area (Å²) in [6, 6.07) is 11.4. The summed E-state index contributed by atoms with van der Waals surface area (Å²) in [5.41, 5.74) is 2.16. The normalized spacial score (nSPS) is 18.3. The fourth-order valence-electron chi connectivity index (χ4n) is 2.99. The van der Waals surface area contributed by atoms with Gasteiger partial charge < -0.3 is 9.80 Å². The Balaban J connectivity index is 1.76. The summed E-state index contributed by atoms with van der Waals surface area (Å²) in [5.74, 6) is 0.387. The molecule has 126 valence electrons. The van der Waals surface area contributed by atoms with Crippen molar-refractivity contribution >= 4 is 28.8 Å². The quantitative estimate of drug-likeness (QED) is 0.852. The van der Waals surface area contributed by atoms with Gasteiger partial charge in [-0.3, -0.25) is 9.59 Å². The van der Waals surface area contributed by atoms with Crippen molar-refractivity contribution < 1.29 is 9.59 Å². The molecule has 1 aliphatic heterocycles. The lowest BCUT2D eigenvalue weighted by Gasteiger charge is -2.39. The van der Waals surface area contributed by atoms with Gasteiger partial charge in [0.05, 0.1) is 4.88 Å². The predicted molar refractivity (Wildman–Crippen MR) is 97.7 cm³/mol. The number of hydrogen-bond acceptors (Lipinski definition) is 3. The van der Waals surface area contributed by atoms with Gasteiger partial charge in [-0.05, 0) is 42.0 Å². The second-order valence-electron chi connectivity index (χ2n) is 6.39.